The van der Waals surface area contributed by atoms with Gasteiger partial charge in [-0.2, -0.15) is 0 Å². The topological polar surface area (TPSA) is 68.1 Å². The van der Waals surface area contributed by atoms with E-state index < -0.39 is 11.0 Å². The number of thioether (sulfide) groups is 1. The molecule has 0 spiro atoms. The van der Waals surface area contributed by atoms with Gasteiger partial charge in [0.25, 0.3) is 0 Å². The molecule has 0 N–H and O–H groups in total. The van der Waals surface area contributed by atoms with Crippen molar-refractivity contribution in [2.24, 2.45) is 5.92 Å². The summed E-state index contributed by atoms with van der Waals surface area (Å²) in [6.07, 6.45) is 10.3. The minimum absolute atomic E-state index is 0.171. The van der Waals surface area contributed by atoms with Gasteiger partial charge in [-0.05, 0) is 50.1 Å². The molecule has 2 unspecified atom stereocenters. The molecule has 8 heteroatoms. The van der Waals surface area contributed by atoms with Crippen LogP contribution < -0.4 is 4.90 Å². The Hall–Kier alpha value is -2.19. The fourth-order valence-corrected chi connectivity index (χ4v) is 5.20. The minimum atomic E-state index is -1.32. The lowest BCUT2D eigenvalue weighted by Gasteiger charge is -2.37. The van der Waals surface area contributed by atoms with Crippen molar-refractivity contribution in [1.29, 1.82) is 0 Å². The predicted octanol–water partition coefficient (Wildman–Crippen LogP) is 5.22. The van der Waals surface area contributed by atoms with Gasteiger partial charge >= 0.3 is 0 Å². The molecule has 1 aliphatic carbocycles. The Kier molecular flexibility index (Phi) is 8.48. The Morgan fingerprint density at radius 3 is 2.44 bits per heavy atom. The highest BCUT2D eigenvalue weighted by Gasteiger charge is 2.27. The highest BCUT2D eigenvalue weighted by atomic mass is 32.2. The number of carbonyl (C=O) groups is 1. The van der Waals surface area contributed by atoms with Crippen LogP contribution in [0.5, 0.6) is 0 Å². The first-order valence-electron chi connectivity index (χ1n) is 10.9. The smallest absolute Gasteiger partial charge is 0.185 e. The molecule has 0 radical (unpaired) electrons. The molecule has 1 fully saturated rings. The number of aryl methyl sites for hydroxylation is 1. The third-order valence-corrected chi connectivity index (χ3v) is 7.92. The van der Waals surface area contributed by atoms with Gasteiger partial charge in [0.05, 0.1) is 10.3 Å². The van der Waals surface area contributed by atoms with E-state index in [-0.39, 0.29) is 5.12 Å². The summed E-state index contributed by atoms with van der Waals surface area (Å²) in [5.41, 5.74) is 1.87. The molecule has 32 heavy (non-hydrogen) atoms. The van der Waals surface area contributed by atoms with Crippen LogP contribution in [0.25, 0.3) is 11.0 Å². The van der Waals surface area contributed by atoms with Crippen LogP contribution in [0.4, 0.5) is 5.82 Å². The lowest BCUT2D eigenvalue weighted by molar-refractivity contribution is -0.109. The molecule has 1 aliphatic rings. The quantitative estimate of drug-likeness (QED) is 0.518. The third-order valence-electron chi connectivity index (χ3n) is 6.01. The number of hydrogen-bond acceptors (Lipinski definition) is 6. The second-order valence-corrected chi connectivity index (χ2v) is 10.6. The zero-order valence-electron chi connectivity index (χ0n) is 19.4. The molecule has 1 aromatic carbocycles. The Labute approximate surface area is 197 Å². The Balaban J connectivity index is 0.000000523. The van der Waals surface area contributed by atoms with E-state index in [0.717, 1.165) is 21.7 Å². The van der Waals surface area contributed by atoms with Crippen molar-refractivity contribution in [1.82, 2.24) is 13.9 Å². The van der Waals surface area contributed by atoms with Gasteiger partial charge in [-0.15, -0.1) is 0 Å². The summed E-state index contributed by atoms with van der Waals surface area (Å²) in [6.45, 7) is 5.90. The second kappa shape index (κ2) is 11.1. The third kappa shape index (κ3) is 5.59. The molecule has 2 aromatic heterocycles. The lowest BCUT2D eigenvalue weighted by atomic mass is 9.85. The SMILES string of the molecule is CSC(C)=O.Cc1ccc(S(=O)n2ccc3c(N(C)[C@@H]4CCCCC4C)ncnc32)cc1. The average molecular weight is 473 g/mol. The van der Waals surface area contributed by atoms with Crippen molar-refractivity contribution in [2.75, 3.05) is 18.2 Å². The summed E-state index contributed by atoms with van der Waals surface area (Å²) < 4.78 is 14.8. The predicted molar refractivity (Wildman–Crippen MR) is 135 cm³/mol. The molecule has 0 amide bonds. The van der Waals surface area contributed by atoms with E-state index in [1.54, 1.807) is 23.5 Å². The first-order valence-corrected chi connectivity index (χ1v) is 13.2. The number of hydrogen-bond donors (Lipinski definition) is 0. The second-order valence-electron chi connectivity index (χ2n) is 8.27. The fourth-order valence-electron chi connectivity index (χ4n) is 4.13. The molecule has 3 aromatic rings. The van der Waals surface area contributed by atoms with Gasteiger partial charge in [0.15, 0.2) is 21.7 Å². The van der Waals surface area contributed by atoms with Crippen LogP contribution in [0.1, 0.15) is 45.1 Å². The molecule has 3 atom stereocenters. The molecular weight excluding hydrogens is 440 g/mol. The van der Waals surface area contributed by atoms with E-state index >= 15 is 0 Å². The zero-order valence-corrected chi connectivity index (χ0v) is 21.1. The van der Waals surface area contributed by atoms with Crippen molar-refractivity contribution in [3.8, 4) is 0 Å². The van der Waals surface area contributed by atoms with Gasteiger partial charge in [0.1, 0.15) is 12.1 Å². The standard InChI is InChI=1S/C21H26N4OS.C3H6OS/c1-15-8-10-17(11-9-15)27(26)25-13-12-18-20(22-14-23-21(18)25)24(3)19-7-5-4-6-16(19)2;1-3(4)5-2/h8-14,16,19H,4-7H2,1-3H3;1-2H3/t16?,19-,27?;/m1./s1. The van der Waals surface area contributed by atoms with Crippen molar-refractivity contribution < 1.29 is 9.00 Å². The van der Waals surface area contributed by atoms with Gasteiger partial charge in [-0.1, -0.05) is 49.2 Å². The number of aromatic nitrogens is 3. The molecule has 0 saturated heterocycles. The lowest BCUT2D eigenvalue weighted by Crippen LogP contribution is -2.39. The van der Waals surface area contributed by atoms with Crippen LogP contribution in [-0.4, -0.2) is 42.6 Å². The van der Waals surface area contributed by atoms with Gasteiger partial charge in [-0.25, -0.2) is 18.1 Å². The van der Waals surface area contributed by atoms with E-state index in [1.807, 2.05) is 43.5 Å². The molecule has 4 rings (SSSR count). The van der Waals surface area contributed by atoms with Crippen LogP contribution in [0.3, 0.4) is 0 Å². The summed E-state index contributed by atoms with van der Waals surface area (Å²) >= 11 is 1.24. The summed E-state index contributed by atoms with van der Waals surface area (Å²) in [4.78, 5) is 21.9. The number of carbonyl (C=O) groups excluding carboxylic acids is 1. The molecule has 1 saturated carbocycles. The van der Waals surface area contributed by atoms with Crippen LogP contribution in [0, 0.1) is 12.8 Å². The van der Waals surface area contributed by atoms with Crippen LogP contribution >= 0.6 is 11.8 Å². The Morgan fingerprint density at radius 1 is 1.16 bits per heavy atom. The maximum absolute atomic E-state index is 13.1. The summed E-state index contributed by atoms with van der Waals surface area (Å²) in [5, 5.41) is 1.13. The highest BCUT2D eigenvalue weighted by Crippen LogP contribution is 2.33. The van der Waals surface area contributed by atoms with Gasteiger partial charge in [0, 0.05) is 26.2 Å². The van der Waals surface area contributed by atoms with Crippen LogP contribution in [0.2, 0.25) is 0 Å². The Bertz CT molecular complexity index is 1080. The first kappa shape index (κ1) is 24.5. The van der Waals surface area contributed by atoms with Crippen molar-refractivity contribution in [2.45, 2.75) is 57.4 Å². The number of fused-ring (bicyclic) bond motifs is 1. The Morgan fingerprint density at radius 2 is 1.81 bits per heavy atom. The largest absolute Gasteiger partial charge is 0.356 e. The average Bonchev–Trinajstić information content (AvgIpc) is 3.23. The number of rotatable bonds is 4. The van der Waals surface area contributed by atoms with E-state index in [9.17, 15) is 9.00 Å². The molecular formula is C24H32N4O2S2. The van der Waals surface area contributed by atoms with Crippen LogP contribution in [-0.2, 0) is 15.8 Å². The molecule has 172 valence electrons. The zero-order chi connectivity index (χ0) is 23.3. The monoisotopic (exact) mass is 472 g/mol. The normalized spacial score (nSPS) is 19.2. The van der Waals surface area contributed by atoms with Gasteiger partial charge in [-0.3, -0.25) is 4.79 Å². The first-order chi connectivity index (χ1) is 15.3. The maximum Gasteiger partial charge on any atom is 0.185 e. The van der Waals surface area contributed by atoms with Crippen molar-refractivity contribution >= 4 is 44.7 Å². The summed E-state index contributed by atoms with van der Waals surface area (Å²) in [6, 6.07) is 10.3. The number of benzene rings is 1. The van der Waals surface area contributed by atoms with E-state index in [4.69, 9.17) is 0 Å². The molecule has 0 aliphatic heterocycles. The van der Waals surface area contributed by atoms with E-state index in [2.05, 4.69) is 28.8 Å². The van der Waals surface area contributed by atoms with Crippen molar-refractivity contribution in [3.63, 3.8) is 0 Å². The number of anilines is 1. The van der Waals surface area contributed by atoms with Gasteiger partial charge < -0.3 is 4.90 Å². The molecule has 6 nitrogen and oxygen atoms in total. The molecule has 0 bridgehead atoms. The fraction of sp³-hybridized carbons (Fsp3) is 0.458. The highest BCUT2D eigenvalue weighted by molar-refractivity contribution is 8.12. The minimum Gasteiger partial charge on any atom is -0.356 e. The van der Waals surface area contributed by atoms with Crippen molar-refractivity contribution in [3.05, 3.63) is 48.4 Å². The van der Waals surface area contributed by atoms with E-state index in [1.165, 1.54) is 37.4 Å². The van der Waals surface area contributed by atoms with Crippen LogP contribution in [0.15, 0.2) is 47.8 Å². The maximum atomic E-state index is 13.1. The van der Waals surface area contributed by atoms with Gasteiger partial charge in [0.2, 0.25) is 0 Å². The summed E-state index contributed by atoms with van der Waals surface area (Å²) in [5.74, 6) is 1.58. The molecule has 2 heterocycles. The number of nitrogens with zero attached hydrogens (tertiary/aromatic N) is 4. The summed E-state index contributed by atoms with van der Waals surface area (Å²) in [7, 11) is 0.804. The van der Waals surface area contributed by atoms with E-state index in [0.29, 0.717) is 17.6 Å².